The van der Waals surface area contributed by atoms with E-state index in [1.807, 2.05) is 29.2 Å². The van der Waals surface area contributed by atoms with E-state index in [0.717, 1.165) is 42.7 Å². The molecule has 2 amide bonds. The number of benzene rings is 1. The molecule has 5 fully saturated rings. The second-order valence-corrected chi connectivity index (χ2v) is 10.3. The zero-order chi connectivity index (χ0) is 20.3. The first-order chi connectivity index (χ1) is 14.6. The Bertz CT molecular complexity index is 915. The van der Waals surface area contributed by atoms with Gasteiger partial charge in [-0.05, 0) is 76.0 Å². The van der Waals surface area contributed by atoms with Crippen molar-refractivity contribution in [3.63, 3.8) is 0 Å². The van der Waals surface area contributed by atoms with Crippen LogP contribution in [0.25, 0.3) is 11.4 Å². The molecule has 0 unspecified atom stereocenters. The maximum Gasteiger partial charge on any atom is 0.318 e. The van der Waals surface area contributed by atoms with E-state index in [2.05, 4.69) is 22.4 Å². The van der Waals surface area contributed by atoms with Gasteiger partial charge in [0.1, 0.15) is 6.04 Å². The summed E-state index contributed by atoms with van der Waals surface area (Å²) in [5.74, 6) is 3.61. The van der Waals surface area contributed by atoms with Crippen molar-refractivity contribution in [1.29, 1.82) is 0 Å². The number of carbonyl (C=O) groups is 1. The fourth-order valence-corrected chi connectivity index (χ4v) is 7.02. The summed E-state index contributed by atoms with van der Waals surface area (Å²) in [4.78, 5) is 19.9. The average molecular weight is 407 g/mol. The Balaban J connectivity index is 1.19. The quantitative estimate of drug-likeness (QED) is 0.790. The second-order valence-electron chi connectivity index (χ2n) is 10.3. The van der Waals surface area contributed by atoms with Crippen LogP contribution in [0.15, 0.2) is 28.8 Å². The van der Waals surface area contributed by atoms with Crippen LogP contribution in [-0.4, -0.2) is 33.2 Å². The van der Waals surface area contributed by atoms with E-state index in [4.69, 9.17) is 4.52 Å². The number of aryl methyl sites for hydroxylation is 1. The van der Waals surface area contributed by atoms with Gasteiger partial charge in [-0.3, -0.25) is 0 Å². The molecule has 2 aromatic rings. The summed E-state index contributed by atoms with van der Waals surface area (Å²) in [5, 5.41) is 7.70. The first-order valence-corrected chi connectivity index (χ1v) is 11.6. The molecule has 1 aromatic carbocycles. The molecule has 30 heavy (non-hydrogen) atoms. The van der Waals surface area contributed by atoms with Gasteiger partial charge in [-0.15, -0.1) is 0 Å². The third kappa shape index (κ3) is 3.12. The summed E-state index contributed by atoms with van der Waals surface area (Å²) in [7, 11) is 0. The van der Waals surface area contributed by atoms with Gasteiger partial charge in [-0.25, -0.2) is 4.79 Å². The predicted molar refractivity (Wildman–Crippen MR) is 113 cm³/mol. The van der Waals surface area contributed by atoms with Gasteiger partial charge < -0.3 is 14.7 Å². The fraction of sp³-hybridized carbons (Fsp3) is 0.625. The average Bonchev–Trinajstić information content (AvgIpc) is 3.36. The largest absolute Gasteiger partial charge is 0.337 e. The lowest BCUT2D eigenvalue weighted by molar-refractivity contribution is -0.0160. The molecular weight excluding hydrogens is 376 g/mol. The van der Waals surface area contributed by atoms with Crippen molar-refractivity contribution >= 4 is 6.03 Å². The van der Waals surface area contributed by atoms with E-state index in [9.17, 15) is 4.79 Å². The SMILES string of the molecule is Cc1ccc(-c2noc([C@@H]3CCCN3C(=O)NC34CC5CC(CC(C5)C3)C4)n2)cc1. The van der Waals surface area contributed by atoms with Crippen molar-refractivity contribution in [2.75, 3.05) is 6.54 Å². The topological polar surface area (TPSA) is 71.3 Å². The Labute approximate surface area is 177 Å². The summed E-state index contributed by atoms with van der Waals surface area (Å²) < 4.78 is 5.62. The molecular formula is C24H30N4O2. The minimum absolute atomic E-state index is 0.0286. The third-order valence-corrected chi connectivity index (χ3v) is 7.96. The Kier molecular flexibility index (Phi) is 4.19. The molecule has 0 radical (unpaired) electrons. The summed E-state index contributed by atoms with van der Waals surface area (Å²) in [6.45, 7) is 2.81. The highest BCUT2D eigenvalue weighted by atomic mass is 16.5. The Hall–Kier alpha value is -2.37. The van der Waals surface area contributed by atoms with Crippen LogP contribution >= 0.6 is 0 Å². The number of nitrogens with zero attached hydrogens (tertiary/aromatic N) is 3. The summed E-state index contributed by atoms with van der Waals surface area (Å²) >= 11 is 0. The molecule has 0 spiro atoms. The van der Waals surface area contributed by atoms with Crippen molar-refractivity contribution in [3.8, 4) is 11.4 Å². The van der Waals surface area contributed by atoms with Crippen LogP contribution in [0.4, 0.5) is 4.79 Å². The van der Waals surface area contributed by atoms with Crippen molar-refractivity contribution in [3.05, 3.63) is 35.7 Å². The minimum Gasteiger partial charge on any atom is -0.337 e. The van der Waals surface area contributed by atoms with E-state index >= 15 is 0 Å². The molecule has 158 valence electrons. The molecule has 5 aliphatic rings. The standard InChI is InChI=1S/C24H30N4O2/c1-15-4-6-19(7-5-15)21-25-22(30-27-21)20-3-2-8-28(20)23(29)26-24-12-16-9-17(13-24)11-18(10-16)14-24/h4-7,16-18,20H,2-3,8-14H2,1H3,(H,26,29)/t16?,17?,18?,20-,24?/m0/s1. The van der Waals surface area contributed by atoms with Crippen LogP contribution in [0, 0.1) is 24.7 Å². The number of nitrogens with one attached hydrogen (secondary N) is 1. The molecule has 1 atom stereocenters. The molecule has 1 N–H and O–H groups in total. The van der Waals surface area contributed by atoms with Gasteiger partial charge in [0.05, 0.1) is 0 Å². The zero-order valence-electron chi connectivity index (χ0n) is 17.6. The van der Waals surface area contributed by atoms with Gasteiger partial charge in [-0.2, -0.15) is 4.98 Å². The molecule has 2 heterocycles. The maximum absolute atomic E-state index is 13.4. The molecule has 1 saturated heterocycles. The highest BCUT2D eigenvalue weighted by molar-refractivity contribution is 5.76. The number of rotatable bonds is 3. The smallest absolute Gasteiger partial charge is 0.318 e. The van der Waals surface area contributed by atoms with Crippen molar-refractivity contribution in [2.45, 2.75) is 69.9 Å². The van der Waals surface area contributed by atoms with Crippen LogP contribution < -0.4 is 5.32 Å². The van der Waals surface area contributed by atoms with Crippen molar-refractivity contribution in [2.24, 2.45) is 17.8 Å². The van der Waals surface area contributed by atoms with Crippen molar-refractivity contribution in [1.82, 2.24) is 20.4 Å². The van der Waals surface area contributed by atoms with Crippen LogP contribution in [0.2, 0.25) is 0 Å². The third-order valence-electron chi connectivity index (χ3n) is 7.96. The van der Waals surface area contributed by atoms with Gasteiger partial charge in [0.15, 0.2) is 0 Å². The maximum atomic E-state index is 13.4. The Morgan fingerprint density at radius 3 is 2.43 bits per heavy atom. The zero-order valence-corrected chi connectivity index (χ0v) is 17.6. The second kappa shape index (κ2) is 6.82. The monoisotopic (exact) mass is 406 g/mol. The van der Waals surface area contributed by atoms with Gasteiger partial charge in [-0.1, -0.05) is 35.0 Å². The minimum atomic E-state index is -0.120. The first-order valence-electron chi connectivity index (χ1n) is 11.6. The van der Waals surface area contributed by atoms with Gasteiger partial charge in [0.2, 0.25) is 11.7 Å². The number of amides is 2. The van der Waals surface area contributed by atoms with Gasteiger partial charge >= 0.3 is 6.03 Å². The van der Waals surface area contributed by atoms with Crippen molar-refractivity contribution < 1.29 is 9.32 Å². The molecule has 7 rings (SSSR count). The highest BCUT2D eigenvalue weighted by Crippen LogP contribution is 2.55. The Morgan fingerprint density at radius 1 is 1.10 bits per heavy atom. The molecule has 1 aliphatic heterocycles. The van der Waals surface area contributed by atoms with Crippen LogP contribution in [0.1, 0.15) is 68.9 Å². The van der Waals surface area contributed by atoms with E-state index in [-0.39, 0.29) is 17.6 Å². The number of likely N-dealkylation sites (tertiary alicyclic amines) is 1. The number of hydrogen-bond donors (Lipinski definition) is 1. The normalized spacial score (nSPS) is 34.5. The lowest BCUT2D eigenvalue weighted by Gasteiger charge is -2.57. The number of carbonyl (C=O) groups excluding carboxylic acids is 1. The molecule has 1 aromatic heterocycles. The predicted octanol–water partition coefficient (Wildman–Crippen LogP) is 4.86. The molecule has 4 aliphatic carbocycles. The lowest BCUT2D eigenvalue weighted by atomic mass is 9.53. The molecule has 4 saturated carbocycles. The number of aromatic nitrogens is 2. The fourth-order valence-electron chi connectivity index (χ4n) is 7.02. The molecule has 6 nitrogen and oxygen atoms in total. The summed E-state index contributed by atoms with van der Waals surface area (Å²) in [6, 6.07) is 8.06. The van der Waals surface area contributed by atoms with E-state index in [1.54, 1.807) is 0 Å². The van der Waals surface area contributed by atoms with E-state index < -0.39 is 0 Å². The summed E-state index contributed by atoms with van der Waals surface area (Å²) in [6.07, 6.45) is 9.50. The van der Waals surface area contributed by atoms with Crippen LogP contribution in [0.5, 0.6) is 0 Å². The highest BCUT2D eigenvalue weighted by Gasteiger charge is 2.52. The van der Waals surface area contributed by atoms with E-state index in [0.29, 0.717) is 11.7 Å². The molecule has 6 heteroatoms. The van der Waals surface area contributed by atoms with Gasteiger partial charge in [0.25, 0.3) is 0 Å². The Morgan fingerprint density at radius 2 is 1.77 bits per heavy atom. The van der Waals surface area contributed by atoms with Crippen LogP contribution in [0.3, 0.4) is 0 Å². The summed E-state index contributed by atoms with van der Waals surface area (Å²) in [5.41, 5.74) is 2.17. The van der Waals surface area contributed by atoms with E-state index in [1.165, 1.54) is 44.1 Å². The molecule has 4 bridgehead atoms. The number of urea groups is 1. The first kappa shape index (κ1) is 18.4. The number of hydrogen-bond acceptors (Lipinski definition) is 4. The van der Waals surface area contributed by atoms with Gasteiger partial charge in [0, 0.05) is 17.6 Å². The van der Waals surface area contributed by atoms with Crippen LogP contribution in [-0.2, 0) is 0 Å². The lowest BCUT2D eigenvalue weighted by Crippen LogP contribution is -2.61.